The van der Waals surface area contributed by atoms with E-state index in [2.05, 4.69) is 27.3 Å². The SMILES string of the molecule is COc1ccc(Nc2ccc(C#N)c(C)c2)cc1Br. The first-order chi connectivity index (χ1) is 9.13. The van der Waals surface area contributed by atoms with E-state index in [4.69, 9.17) is 10.00 Å². The van der Waals surface area contributed by atoms with Gasteiger partial charge in [-0.05, 0) is 64.8 Å². The number of nitriles is 1. The number of nitrogens with one attached hydrogen (secondary N) is 1. The van der Waals surface area contributed by atoms with Crippen molar-refractivity contribution in [3.63, 3.8) is 0 Å². The molecule has 1 N–H and O–H groups in total. The van der Waals surface area contributed by atoms with Gasteiger partial charge in [0.15, 0.2) is 0 Å². The van der Waals surface area contributed by atoms with E-state index in [-0.39, 0.29) is 0 Å². The molecule has 2 aromatic rings. The van der Waals surface area contributed by atoms with Crippen molar-refractivity contribution < 1.29 is 4.74 Å². The lowest BCUT2D eigenvalue weighted by Crippen LogP contribution is -1.93. The highest BCUT2D eigenvalue weighted by Gasteiger charge is 2.03. The number of hydrogen-bond donors (Lipinski definition) is 1. The summed E-state index contributed by atoms with van der Waals surface area (Å²) in [7, 11) is 1.64. The van der Waals surface area contributed by atoms with Crippen molar-refractivity contribution in [2.45, 2.75) is 6.92 Å². The van der Waals surface area contributed by atoms with Gasteiger partial charge in [-0.1, -0.05) is 0 Å². The Balaban J connectivity index is 2.24. The van der Waals surface area contributed by atoms with Crippen molar-refractivity contribution in [1.82, 2.24) is 0 Å². The molecule has 0 aromatic heterocycles. The number of anilines is 2. The first-order valence-corrected chi connectivity index (χ1v) is 6.54. The van der Waals surface area contributed by atoms with Gasteiger partial charge in [0.1, 0.15) is 5.75 Å². The molecule has 4 heteroatoms. The number of methoxy groups -OCH3 is 1. The molecule has 0 bridgehead atoms. The second-order valence-electron chi connectivity index (χ2n) is 4.12. The van der Waals surface area contributed by atoms with Crippen LogP contribution in [0.4, 0.5) is 11.4 Å². The maximum atomic E-state index is 8.90. The van der Waals surface area contributed by atoms with E-state index in [1.807, 2.05) is 43.3 Å². The molecule has 19 heavy (non-hydrogen) atoms. The minimum atomic E-state index is 0.696. The summed E-state index contributed by atoms with van der Waals surface area (Å²) in [6.45, 7) is 1.92. The van der Waals surface area contributed by atoms with Crippen LogP contribution in [-0.2, 0) is 0 Å². The minimum absolute atomic E-state index is 0.696. The minimum Gasteiger partial charge on any atom is -0.496 e. The number of benzene rings is 2. The lowest BCUT2D eigenvalue weighted by atomic mass is 10.1. The van der Waals surface area contributed by atoms with Gasteiger partial charge in [-0.25, -0.2) is 0 Å². The third kappa shape index (κ3) is 3.07. The zero-order chi connectivity index (χ0) is 13.8. The highest BCUT2D eigenvalue weighted by atomic mass is 79.9. The molecule has 0 fully saturated rings. The summed E-state index contributed by atoms with van der Waals surface area (Å²) in [6, 6.07) is 13.6. The lowest BCUT2D eigenvalue weighted by molar-refractivity contribution is 0.412. The van der Waals surface area contributed by atoms with Gasteiger partial charge in [-0.3, -0.25) is 0 Å². The third-order valence-electron chi connectivity index (χ3n) is 2.79. The Morgan fingerprint density at radius 1 is 1.16 bits per heavy atom. The quantitative estimate of drug-likeness (QED) is 0.913. The Kier molecular flexibility index (Phi) is 4.08. The molecule has 0 aliphatic heterocycles. The first-order valence-electron chi connectivity index (χ1n) is 5.75. The van der Waals surface area contributed by atoms with Gasteiger partial charge in [-0.2, -0.15) is 5.26 Å². The molecular weight excluding hydrogens is 304 g/mol. The predicted octanol–water partition coefficient (Wildman–Crippen LogP) is 4.38. The fourth-order valence-corrected chi connectivity index (χ4v) is 2.32. The smallest absolute Gasteiger partial charge is 0.133 e. The number of halogens is 1. The van der Waals surface area contributed by atoms with E-state index >= 15 is 0 Å². The summed E-state index contributed by atoms with van der Waals surface area (Å²) in [6.07, 6.45) is 0. The lowest BCUT2D eigenvalue weighted by Gasteiger charge is -2.10. The molecule has 0 saturated carbocycles. The molecule has 96 valence electrons. The van der Waals surface area contributed by atoms with E-state index in [0.29, 0.717) is 5.56 Å². The standard InChI is InChI=1S/C15H13BrN2O/c1-10-7-12(4-3-11(10)9-17)18-13-5-6-15(19-2)14(16)8-13/h3-8,18H,1-2H3. The van der Waals surface area contributed by atoms with Crippen LogP contribution in [-0.4, -0.2) is 7.11 Å². The number of rotatable bonds is 3. The van der Waals surface area contributed by atoms with Crippen molar-refractivity contribution in [2.24, 2.45) is 0 Å². The van der Waals surface area contributed by atoms with E-state index in [9.17, 15) is 0 Å². The summed E-state index contributed by atoms with van der Waals surface area (Å²) < 4.78 is 6.08. The molecule has 0 heterocycles. The van der Waals surface area contributed by atoms with Gasteiger partial charge >= 0.3 is 0 Å². The van der Waals surface area contributed by atoms with Gasteiger partial charge in [0.05, 0.1) is 23.2 Å². The van der Waals surface area contributed by atoms with Crippen LogP contribution in [0.1, 0.15) is 11.1 Å². The van der Waals surface area contributed by atoms with Crippen LogP contribution in [0, 0.1) is 18.3 Å². The van der Waals surface area contributed by atoms with Gasteiger partial charge in [0.2, 0.25) is 0 Å². The second kappa shape index (κ2) is 5.77. The average Bonchev–Trinajstić information content (AvgIpc) is 2.39. The maximum absolute atomic E-state index is 8.90. The summed E-state index contributed by atoms with van der Waals surface area (Å²) >= 11 is 3.45. The Hall–Kier alpha value is -1.99. The van der Waals surface area contributed by atoms with Gasteiger partial charge in [-0.15, -0.1) is 0 Å². The largest absolute Gasteiger partial charge is 0.496 e. The van der Waals surface area contributed by atoms with Crippen LogP contribution < -0.4 is 10.1 Å². The van der Waals surface area contributed by atoms with Crippen molar-refractivity contribution in [2.75, 3.05) is 12.4 Å². The number of nitrogens with zero attached hydrogens (tertiary/aromatic N) is 1. The van der Waals surface area contributed by atoms with E-state index in [1.165, 1.54) is 0 Å². The molecule has 0 aliphatic rings. The molecule has 3 nitrogen and oxygen atoms in total. The topological polar surface area (TPSA) is 45.0 Å². The molecule has 0 saturated heterocycles. The highest BCUT2D eigenvalue weighted by molar-refractivity contribution is 9.10. The van der Waals surface area contributed by atoms with Crippen molar-refractivity contribution in [3.8, 4) is 11.8 Å². The monoisotopic (exact) mass is 316 g/mol. The van der Waals surface area contributed by atoms with Crippen molar-refractivity contribution >= 4 is 27.3 Å². The Labute approximate surface area is 121 Å². The molecule has 0 amide bonds. The fourth-order valence-electron chi connectivity index (χ4n) is 1.78. The fraction of sp³-hybridized carbons (Fsp3) is 0.133. The summed E-state index contributed by atoms with van der Waals surface area (Å²) in [5, 5.41) is 12.2. The van der Waals surface area contributed by atoms with E-state index < -0.39 is 0 Å². The van der Waals surface area contributed by atoms with Crippen LogP contribution in [0.3, 0.4) is 0 Å². The maximum Gasteiger partial charge on any atom is 0.133 e. The summed E-state index contributed by atoms with van der Waals surface area (Å²) in [5.41, 5.74) is 3.56. The third-order valence-corrected chi connectivity index (χ3v) is 3.41. The highest BCUT2D eigenvalue weighted by Crippen LogP contribution is 2.29. The van der Waals surface area contributed by atoms with Gasteiger partial charge < -0.3 is 10.1 Å². The summed E-state index contributed by atoms with van der Waals surface area (Å²) in [5.74, 6) is 0.793. The normalized spacial score (nSPS) is 9.79. The van der Waals surface area contributed by atoms with E-state index in [0.717, 1.165) is 27.2 Å². The van der Waals surface area contributed by atoms with Crippen LogP contribution in [0.5, 0.6) is 5.75 Å². The molecule has 2 rings (SSSR count). The second-order valence-corrected chi connectivity index (χ2v) is 4.97. The number of aryl methyl sites for hydroxylation is 1. The van der Waals surface area contributed by atoms with Crippen molar-refractivity contribution in [1.29, 1.82) is 5.26 Å². The Morgan fingerprint density at radius 2 is 1.84 bits per heavy atom. The number of ether oxygens (including phenoxy) is 1. The van der Waals surface area contributed by atoms with Crippen LogP contribution in [0.15, 0.2) is 40.9 Å². The molecule has 0 unspecified atom stereocenters. The first kappa shape index (κ1) is 13.4. The predicted molar refractivity (Wildman–Crippen MR) is 79.9 cm³/mol. The zero-order valence-corrected chi connectivity index (χ0v) is 12.3. The van der Waals surface area contributed by atoms with Crippen LogP contribution >= 0.6 is 15.9 Å². The number of hydrogen-bond acceptors (Lipinski definition) is 3. The molecule has 0 aliphatic carbocycles. The molecule has 0 atom stereocenters. The van der Waals surface area contributed by atoms with Crippen molar-refractivity contribution in [3.05, 3.63) is 52.0 Å². The molecule has 0 radical (unpaired) electrons. The van der Waals surface area contributed by atoms with Gasteiger partial charge in [0.25, 0.3) is 0 Å². The summed E-state index contributed by atoms with van der Waals surface area (Å²) in [4.78, 5) is 0. The van der Waals surface area contributed by atoms with Crippen LogP contribution in [0.2, 0.25) is 0 Å². The molecule has 2 aromatic carbocycles. The zero-order valence-electron chi connectivity index (χ0n) is 10.7. The average molecular weight is 317 g/mol. The molecular formula is C15H13BrN2O. The van der Waals surface area contributed by atoms with Gasteiger partial charge in [0, 0.05) is 11.4 Å². The van der Waals surface area contributed by atoms with E-state index in [1.54, 1.807) is 7.11 Å². The van der Waals surface area contributed by atoms with Crippen LogP contribution in [0.25, 0.3) is 0 Å². The Bertz CT molecular complexity index is 647. The molecule has 0 spiro atoms. The Morgan fingerprint density at radius 3 is 2.42 bits per heavy atom.